The van der Waals surface area contributed by atoms with E-state index in [0.717, 1.165) is 41.8 Å². The summed E-state index contributed by atoms with van der Waals surface area (Å²) in [5.74, 6) is 0.133. The zero-order valence-corrected chi connectivity index (χ0v) is 11.8. The van der Waals surface area contributed by atoms with Crippen LogP contribution < -0.4 is 0 Å². The van der Waals surface area contributed by atoms with Crippen molar-refractivity contribution in [1.29, 1.82) is 0 Å². The lowest BCUT2D eigenvalue weighted by atomic mass is 10.1. The topological polar surface area (TPSA) is 23.6 Å². The third-order valence-corrected chi connectivity index (χ3v) is 4.27. The van der Waals surface area contributed by atoms with Crippen LogP contribution in [0.15, 0.2) is 22.7 Å². The van der Waals surface area contributed by atoms with Gasteiger partial charge in [-0.1, -0.05) is 12.1 Å². The van der Waals surface area contributed by atoms with E-state index in [1.807, 2.05) is 30.0 Å². The third-order valence-electron chi connectivity index (χ3n) is 3.21. The number of piperazine rings is 1. The van der Waals surface area contributed by atoms with Crippen molar-refractivity contribution in [1.82, 2.24) is 9.80 Å². The van der Waals surface area contributed by atoms with Gasteiger partial charge in [0, 0.05) is 30.7 Å². The van der Waals surface area contributed by atoms with Crippen molar-refractivity contribution in [3.63, 3.8) is 0 Å². The molecule has 0 radical (unpaired) electrons. The van der Waals surface area contributed by atoms with Crippen molar-refractivity contribution in [2.45, 2.75) is 6.92 Å². The summed E-state index contributed by atoms with van der Waals surface area (Å²) < 4.78 is 0.920. The van der Waals surface area contributed by atoms with E-state index < -0.39 is 0 Å². The Morgan fingerprint density at radius 1 is 1.24 bits per heavy atom. The van der Waals surface area contributed by atoms with E-state index in [2.05, 4.69) is 27.9 Å². The van der Waals surface area contributed by atoms with Crippen molar-refractivity contribution in [2.75, 3.05) is 33.2 Å². The fourth-order valence-electron chi connectivity index (χ4n) is 1.99. The van der Waals surface area contributed by atoms with Crippen LogP contribution in [0.2, 0.25) is 0 Å². The molecule has 1 aromatic carbocycles. The summed E-state index contributed by atoms with van der Waals surface area (Å²) in [6, 6.07) is 5.83. The molecule has 0 spiro atoms. The van der Waals surface area contributed by atoms with Crippen LogP contribution >= 0.6 is 15.9 Å². The Balaban J connectivity index is 2.17. The van der Waals surface area contributed by atoms with Crippen molar-refractivity contribution in [2.24, 2.45) is 0 Å². The molecule has 0 saturated carbocycles. The van der Waals surface area contributed by atoms with E-state index in [1.54, 1.807) is 0 Å². The molecule has 2 rings (SSSR count). The number of halogens is 1. The van der Waals surface area contributed by atoms with Gasteiger partial charge in [0.05, 0.1) is 5.56 Å². The Bertz CT molecular complexity index is 425. The van der Waals surface area contributed by atoms with Gasteiger partial charge in [0.1, 0.15) is 0 Å². The van der Waals surface area contributed by atoms with E-state index in [1.165, 1.54) is 0 Å². The molecule has 17 heavy (non-hydrogen) atoms. The predicted molar refractivity (Wildman–Crippen MR) is 72.3 cm³/mol. The quantitative estimate of drug-likeness (QED) is 0.793. The Morgan fingerprint density at radius 2 is 1.88 bits per heavy atom. The highest BCUT2D eigenvalue weighted by molar-refractivity contribution is 9.10. The molecule has 0 aromatic heterocycles. The number of benzene rings is 1. The molecule has 0 aliphatic carbocycles. The van der Waals surface area contributed by atoms with Crippen molar-refractivity contribution in [3.05, 3.63) is 33.8 Å². The minimum atomic E-state index is 0.133. The molecule has 1 heterocycles. The van der Waals surface area contributed by atoms with Crippen LogP contribution in [-0.2, 0) is 0 Å². The number of likely N-dealkylation sites (N-methyl/N-ethyl adjacent to an activating group) is 1. The summed E-state index contributed by atoms with van der Waals surface area (Å²) in [6.45, 7) is 5.54. The van der Waals surface area contributed by atoms with Crippen LogP contribution in [0, 0.1) is 6.92 Å². The van der Waals surface area contributed by atoms with Gasteiger partial charge in [-0.2, -0.15) is 0 Å². The summed E-state index contributed by atoms with van der Waals surface area (Å²) in [5.41, 5.74) is 1.87. The SMILES string of the molecule is Cc1cccc(C(=O)N2CCN(C)CC2)c1Br. The zero-order valence-electron chi connectivity index (χ0n) is 10.2. The van der Waals surface area contributed by atoms with E-state index in [-0.39, 0.29) is 5.91 Å². The maximum absolute atomic E-state index is 12.4. The molecule has 0 N–H and O–H groups in total. The molecule has 0 atom stereocenters. The second-order valence-corrected chi connectivity index (χ2v) is 5.32. The molecule has 4 heteroatoms. The molecule has 0 bridgehead atoms. The molecule has 1 amide bonds. The molecule has 1 fully saturated rings. The molecule has 0 unspecified atom stereocenters. The molecule has 1 aliphatic heterocycles. The van der Waals surface area contributed by atoms with Gasteiger partial charge in [-0.3, -0.25) is 4.79 Å². The van der Waals surface area contributed by atoms with Gasteiger partial charge < -0.3 is 9.80 Å². The second-order valence-electron chi connectivity index (χ2n) is 4.53. The van der Waals surface area contributed by atoms with Gasteiger partial charge in [-0.05, 0) is 41.5 Å². The van der Waals surface area contributed by atoms with Gasteiger partial charge in [-0.25, -0.2) is 0 Å². The average molecular weight is 297 g/mol. The number of carbonyl (C=O) groups is 1. The van der Waals surface area contributed by atoms with E-state index in [9.17, 15) is 4.79 Å². The number of hydrogen-bond donors (Lipinski definition) is 0. The first-order valence-electron chi connectivity index (χ1n) is 5.82. The third kappa shape index (κ3) is 2.69. The highest BCUT2D eigenvalue weighted by Crippen LogP contribution is 2.22. The van der Waals surface area contributed by atoms with E-state index >= 15 is 0 Å². The second kappa shape index (κ2) is 5.19. The molecular weight excluding hydrogens is 280 g/mol. The van der Waals surface area contributed by atoms with Gasteiger partial charge in [0.2, 0.25) is 0 Å². The van der Waals surface area contributed by atoms with Gasteiger partial charge in [-0.15, -0.1) is 0 Å². The molecule has 1 aliphatic rings. The monoisotopic (exact) mass is 296 g/mol. The summed E-state index contributed by atoms with van der Waals surface area (Å²) in [7, 11) is 2.09. The van der Waals surface area contributed by atoms with Crippen molar-refractivity contribution in [3.8, 4) is 0 Å². The Morgan fingerprint density at radius 3 is 2.53 bits per heavy atom. The highest BCUT2D eigenvalue weighted by Gasteiger charge is 2.22. The first-order valence-corrected chi connectivity index (χ1v) is 6.62. The summed E-state index contributed by atoms with van der Waals surface area (Å²) in [6.07, 6.45) is 0. The lowest BCUT2D eigenvalue weighted by Crippen LogP contribution is -2.47. The molecule has 3 nitrogen and oxygen atoms in total. The first kappa shape index (κ1) is 12.6. The minimum Gasteiger partial charge on any atom is -0.336 e. The lowest BCUT2D eigenvalue weighted by molar-refractivity contribution is 0.0663. The zero-order chi connectivity index (χ0) is 12.4. The molecule has 1 aromatic rings. The number of amides is 1. The van der Waals surface area contributed by atoms with E-state index in [4.69, 9.17) is 0 Å². The Kier molecular flexibility index (Phi) is 3.84. The normalized spacial score (nSPS) is 17.2. The summed E-state index contributed by atoms with van der Waals surface area (Å²) >= 11 is 3.50. The average Bonchev–Trinajstić information content (AvgIpc) is 2.33. The highest BCUT2D eigenvalue weighted by atomic mass is 79.9. The van der Waals surface area contributed by atoms with Crippen molar-refractivity contribution < 1.29 is 4.79 Å². The van der Waals surface area contributed by atoms with Crippen LogP contribution in [0.25, 0.3) is 0 Å². The van der Waals surface area contributed by atoms with Crippen LogP contribution in [0.4, 0.5) is 0 Å². The van der Waals surface area contributed by atoms with Crippen LogP contribution in [-0.4, -0.2) is 48.9 Å². The van der Waals surface area contributed by atoms with Gasteiger partial charge >= 0.3 is 0 Å². The largest absolute Gasteiger partial charge is 0.336 e. The Hall–Kier alpha value is -0.870. The van der Waals surface area contributed by atoms with Crippen LogP contribution in [0.5, 0.6) is 0 Å². The number of carbonyl (C=O) groups excluding carboxylic acids is 1. The number of nitrogens with zero attached hydrogens (tertiary/aromatic N) is 2. The lowest BCUT2D eigenvalue weighted by Gasteiger charge is -2.32. The van der Waals surface area contributed by atoms with Gasteiger partial charge in [0.25, 0.3) is 5.91 Å². The molecule has 1 saturated heterocycles. The first-order chi connectivity index (χ1) is 8.09. The standard InChI is InChI=1S/C13H17BrN2O/c1-10-4-3-5-11(12(10)14)13(17)16-8-6-15(2)7-9-16/h3-5H,6-9H2,1-2H3. The fourth-order valence-corrected chi connectivity index (χ4v) is 2.43. The Labute approximate surface area is 111 Å². The predicted octanol–water partition coefficient (Wildman–Crippen LogP) is 2.15. The maximum atomic E-state index is 12.4. The van der Waals surface area contributed by atoms with Crippen LogP contribution in [0.3, 0.4) is 0 Å². The molecular formula is C13H17BrN2O. The minimum absolute atomic E-state index is 0.133. The maximum Gasteiger partial charge on any atom is 0.255 e. The smallest absolute Gasteiger partial charge is 0.255 e. The van der Waals surface area contributed by atoms with Gasteiger partial charge in [0.15, 0.2) is 0 Å². The molecule has 92 valence electrons. The number of hydrogen-bond acceptors (Lipinski definition) is 2. The summed E-state index contributed by atoms with van der Waals surface area (Å²) in [4.78, 5) is 16.5. The summed E-state index contributed by atoms with van der Waals surface area (Å²) in [5, 5.41) is 0. The fraction of sp³-hybridized carbons (Fsp3) is 0.462. The van der Waals surface area contributed by atoms with E-state index in [0.29, 0.717) is 0 Å². The number of rotatable bonds is 1. The van der Waals surface area contributed by atoms with Crippen LogP contribution in [0.1, 0.15) is 15.9 Å². The number of aryl methyl sites for hydroxylation is 1. The van der Waals surface area contributed by atoms with Crippen molar-refractivity contribution >= 4 is 21.8 Å².